The van der Waals surface area contributed by atoms with Gasteiger partial charge in [-0.05, 0) is 25.3 Å². The van der Waals surface area contributed by atoms with Crippen molar-refractivity contribution in [1.29, 1.82) is 0 Å². The average molecular weight is 284 g/mol. The second-order valence-corrected chi connectivity index (χ2v) is 3.54. The van der Waals surface area contributed by atoms with Crippen LogP contribution in [0.25, 0.3) is 0 Å². The van der Waals surface area contributed by atoms with E-state index in [2.05, 4.69) is 35.4 Å². The minimum absolute atomic E-state index is 0.0324. The lowest BCUT2D eigenvalue weighted by Crippen LogP contribution is -1.96. The molecule has 0 aliphatic heterocycles. The number of nitrogens with one attached hydrogen (secondary N) is 1. The highest BCUT2D eigenvalue weighted by Crippen LogP contribution is 2.36. The second-order valence-electron chi connectivity index (χ2n) is 2.02. The third-order valence-electron chi connectivity index (χ3n) is 1.27. The molecule has 5 nitrogen and oxygen atoms in total. The van der Waals surface area contributed by atoms with Gasteiger partial charge in [0.05, 0.1) is 9.40 Å². The number of nitro groups is 1. The fourth-order valence-electron chi connectivity index (χ4n) is 0.728. The molecule has 0 fully saturated rings. The molecular formula is C5H4BrClN3O2P. The SMILES string of the molecule is O=[N+]([O-])c1c(NP)ncc(Br)c1Cl. The van der Waals surface area contributed by atoms with E-state index >= 15 is 0 Å². The van der Waals surface area contributed by atoms with E-state index < -0.39 is 4.92 Å². The van der Waals surface area contributed by atoms with Gasteiger partial charge < -0.3 is 5.09 Å². The minimum Gasteiger partial charge on any atom is -0.349 e. The molecule has 1 atom stereocenters. The van der Waals surface area contributed by atoms with Gasteiger partial charge in [-0.15, -0.1) is 0 Å². The van der Waals surface area contributed by atoms with Crippen LogP contribution in [0.4, 0.5) is 11.5 Å². The van der Waals surface area contributed by atoms with E-state index in [1.807, 2.05) is 0 Å². The van der Waals surface area contributed by atoms with E-state index in [9.17, 15) is 10.1 Å². The summed E-state index contributed by atoms with van der Waals surface area (Å²) in [5.41, 5.74) is -0.244. The van der Waals surface area contributed by atoms with Crippen LogP contribution in [-0.2, 0) is 0 Å². The molecule has 1 N–H and O–H groups in total. The zero-order chi connectivity index (χ0) is 10.0. The predicted octanol–water partition coefficient (Wildman–Crippen LogP) is 2.61. The van der Waals surface area contributed by atoms with Gasteiger partial charge in [-0.3, -0.25) is 10.1 Å². The number of aromatic nitrogens is 1. The van der Waals surface area contributed by atoms with Gasteiger partial charge in [0.1, 0.15) is 5.02 Å². The predicted molar refractivity (Wildman–Crippen MR) is 56.9 cm³/mol. The van der Waals surface area contributed by atoms with Crippen molar-refractivity contribution in [2.75, 3.05) is 5.09 Å². The van der Waals surface area contributed by atoms with Gasteiger partial charge in [-0.1, -0.05) is 11.6 Å². The number of hydrogen-bond donors (Lipinski definition) is 1. The molecule has 0 saturated carbocycles. The molecule has 0 aromatic carbocycles. The largest absolute Gasteiger partial charge is 0.349 e. The van der Waals surface area contributed by atoms with Crippen molar-refractivity contribution in [2.45, 2.75) is 0 Å². The van der Waals surface area contributed by atoms with Crippen molar-refractivity contribution in [3.05, 3.63) is 25.8 Å². The summed E-state index contributed by atoms with van der Waals surface area (Å²) in [5, 5.41) is 13.1. The molecule has 1 heterocycles. The molecule has 0 aliphatic carbocycles. The number of halogens is 2. The molecule has 1 aromatic rings. The Morgan fingerprint density at radius 1 is 1.77 bits per heavy atom. The van der Waals surface area contributed by atoms with Crippen molar-refractivity contribution in [3.8, 4) is 0 Å². The summed E-state index contributed by atoms with van der Waals surface area (Å²) < 4.78 is 0.393. The normalized spacial score (nSPS) is 9.77. The standard InChI is InChI=1S/C5H4BrClN3O2P/c6-2-1-8-5(9-13)4(3(2)7)10(11)12/h1H,13H2,(H,8,9). The van der Waals surface area contributed by atoms with Crippen LogP contribution >= 0.6 is 36.9 Å². The van der Waals surface area contributed by atoms with Crippen molar-refractivity contribution in [2.24, 2.45) is 0 Å². The first-order valence-electron chi connectivity index (χ1n) is 3.03. The van der Waals surface area contributed by atoms with Gasteiger partial charge in [0.25, 0.3) is 0 Å². The van der Waals surface area contributed by atoms with E-state index in [1.165, 1.54) is 6.20 Å². The van der Waals surface area contributed by atoms with Crippen molar-refractivity contribution < 1.29 is 4.92 Å². The monoisotopic (exact) mass is 283 g/mol. The molecule has 8 heteroatoms. The number of anilines is 1. The van der Waals surface area contributed by atoms with Crippen LogP contribution in [-0.4, -0.2) is 9.91 Å². The number of nitrogens with zero attached hydrogens (tertiary/aromatic N) is 2. The number of rotatable bonds is 2. The summed E-state index contributed by atoms with van der Waals surface area (Å²) in [6.07, 6.45) is 1.39. The second kappa shape index (κ2) is 4.17. The lowest BCUT2D eigenvalue weighted by molar-refractivity contribution is -0.384. The average Bonchev–Trinajstić information content (AvgIpc) is 2.08. The highest BCUT2D eigenvalue weighted by molar-refractivity contribution is 9.10. The van der Waals surface area contributed by atoms with Gasteiger partial charge in [0.15, 0.2) is 0 Å². The Bertz CT molecular complexity index is 362. The fraction of sp³-hybridized carbons (Fsp3) is 0. The Morgan fingerprint density at radius 3 is 2.85 bits per heavy atom. The molecule has 1 unspecified atom stereocenters. The molecule has 0 radical (unpaired) electrons. The Balaban J connectivity index is 3.41. The molecule has 0 spiro atoms. The van der Waals surface area contributed by atoms with Gasteiger partial charge in [0, 0.05) is 6.20 Å². The third-order valence-corrected chi connectivity index (χ3v) is 2.75. The molecular weight excluding hydrogens is 280 g/mol. The van der Waals surface area contributed by atoms with Crippen molar-refractivity contribution >= 4 is 48.4 Å². The van der Waals surface area contributed by atoms with Crippen LogP contribution in [0.5, 0.6) is 0 Å². The summed E-state index contributed by atoms with van der Waals surface area (Å²) in [4.78, 5) is 13.7. The van der Waals surface area contributed by atoms with Crippen LogP contribution < -0.4 is 5.09 Å². The van der Waals surface area contributed by atoms with Crippen LogP contribution in [0, 0.1) is 10.1 Å². The lowest BCUT2D eigenvalue weighted by atomic mass is 10.4. The lowest BCUT2D eigenvalue weighted by Gasteiger charge is -2.02. The molecule has 1 rings (SSSR count). The highest BCUT2D eigenvalue weighted by Gasteiger charge is 2.21. The first kappa shape index (κ1) is 10.6. The molecule has 1 aromatic heterocycles. The van der Waals surface area contributed by atoms with Gasteiger partial charge >= 0.3 is 5.69 Å². The van der Waals surface area contributed by atoms with Gasteiger partial charge in [0.2, 0.25) is 5.82 Å². The van der Waals surface area contributed by atoms with Crippen molar-refractivity contribution in [1.82, 2.24) is 4.98 Å². The summed E-state index contributed by atoms with van der Waals surface area (Å²) in [6, 6.07) is 0. The summed E-state index contributed by atoms with van der Waals surface area (Å²) in [6.45, 7) is 0. The molecule has 13 heavy (non-hydrogen) atoms. The summed E-state index contributed by atoms with van der Waals surface area (Å²) >= 11 is 8.74. The number of hydrogen-bond acceptors (Lipinski definition) is 4. The molecule has 0 saturated heterocycles. The zero-order valence-electron chi connectivity index (χ0n) is 6.12. The topological polar surface area (TPSA) is 68.1 Å². The summed E-state index contributed by atoms with van der Waals surface area (Å²) in [5.74, 6) is 0.114. The quantitative estimate of drug-likeness (QED) is 0.515. The molecule has 0 amide bonds. The minimum atomic E-state index is -0.591. The Morgan fingerprint density at radius 2 is 2.38 bits per heavy atom. The Labute approximate surface area is 89.4 Å². The van der Waals surface area contributed by atoms with Crippen LogP contribution in [0.2, 0.25) is 5.02 Å². The van der Waals surface area contributed by atoms with E-state index in [-0.39, 0.29) is 16.5 Å². The Kier molecular flexibility index (Phi) is 3.41. The van der Waals surface area contributed by atoms with E-state index in [1.54, 1.807) is 0 Å². The Hall–Kier alpha value is -0.450. The van der Waals surface area contributed by atoms with Gasteiger partial charge in [-0.2, -0.15) is 0 Å². The molecule has 70 valence electrons. The maximum atomic E-state index is 10.6. The third kappa shape index (κ3) is 2.07. The maximum Gasteiger partial charge on any atom is 0.331 e. The first-order valence-corrected chi connectivity index (χ1v) is 4.77. The van der Waals surface area contributed by atoms with Gasteiger partial charge in [-0.25, -0.2) is 4.98 Å². The van der Waals surface area contributed by atoms with Crippen LogP contribution in [0.1, 0.15) is 0 Å². The smallest absolute Gasteiger partial charge is 0.331 e. The van der Waals surface area contributed by atoms with E-state index in [4.69, 9.17) is 11.6 Å². The fourth-order valence-corrected chi connectivity index (χ4v) is 1.44. The van der Waals surface area contributed by atoms with Crippen molar-refractivity contribution in [3.63, 3.8) is 0 Å². The first-order chi connectivity index (χ1) is 6.07. The van der Waals surface area contributed by atoms with E-state index in [0.717, 1.165) is 0 Å². The summed E-state index contributed by atoms with van der Waals surface area (Å²) in [7, 11) is 2.12. The number of pyridine rings is 1. The van der Waals surface area contributed by atoms with Crippen LogP contribution in [0.3, 0.4) is 0 Å². The maximum absolute atomic E-state index is 10.6. The zero-order valence-corrected chi connectivity index (χ0v) is 9.62. The van der Waals surface area contributed by atoms with Crippen LogP contribution in [0.15, 0.2) is 10.7 Å². The molecule has 0 aliphatic rings. The highest BCUT2D eigenvalue weighted by atomic mass is 79.9. The molecule has 0 bridgehead atoms. The van der Waals surface area contributed by atoms with E-state index in [0.29, 0.717) is 4.47 Å².